The van der Waals surface area contributed by atoms with Gasteiger partial charge in [0, 0.05) is 124 Å². The van der Waals surface area contributed by atoms with Crippen LogP contribution in [0.1, 0.15) is 79.8 Å². The minimum atomic E-state index is -0.604. The number of rotatable bonds is 11. The van der Waals surface area contributed by atoms with Crippen LogP contribution in [0.5, 0.6) is 11.8 Å². The van der Waals surface area contributed by atoms with Gasteiger partial charge in [0.2, 0.25) is 11.8 Å². The van der Waals surface area contributed by atoms with E-state index < -0.39 is 11.9 Å². The summed E-state index contributed by atoms with van der Waals surface area (Å²) in [7, 11) is 0. The number of benzene rings is 3. The molecular formula is C53H59FN10O5. The van der Waals surface area contributed by atoms with Crippen LogP contribution in [0.15, 0.2) is 54.7 Å². The zero-order valence-electron chi connectivity index (χ0n) is 39.2. The number of likely N-dealkylation sites (tertiary alicyclic amines) is 2. The van der Waals surface area contributed by atoms with Crippen LogP contribution in [0, 0.1) is 16.6 Å². The molecule has 3 aromatic carbocycles. The first-order valence-electron chi connectivity index (χ1n) is 25.2. The molecule has 13 rings (SSSR count). The minimum Gasteiger partial charge on any atom is -0.508 e. The first kappa shape index (κ1) is 43.1. The summed E-state index contributed by atoms with van der Waals surface area (Å²) >= 11 is 0. The third-order valence-electron chi connectivity index (χ3n) is 16.9. The first-order valence-corrected chi connectivity index (χ1v) is 25.2. The average Bonchev–Trinajstić information content (AvgIpc) is 3.91. The molecule has 1 spiro atoms. The molecule has 15 nitrogen and oxygen atoms in total. The number of hydrogen-bond acceptors (Lipinski definition) is 13. The molecule has 3 atom stereocenters. The molecule has 69 heavy (non-hydrogen) atoms. The fourth-order valence-corrected chi connectivity index (χ4v) is 13.2. The maximum absolute atomic E-state index is 17.2. The predicted octanol–water partition coefficient (Wildman–Crippen LogP) is 5.40. The van der Waals surface area contributed by atoms with E-state index in [1.165, 1.54) is 0 Å². The van der Waals surface area contributed by atoms with E-state index in [2.05, 4.69) is 43.2 Å². The molecular weight excluding hydrogens is 876 g/mol. The van der Waals surface area contributed by atoms with Gasteiger partial charge in [0.25, 0.3) is 5.91 Å². The van der Waals surface area contributed by atoms with Crippen LogP contribution < -0.4 is 25.2 Å². The molecule has 9 heterocycles. The van der Waals surface area contributed by atoms with Crippen molar-refractivity contribution >= 4 is 50.9 Å². The lowest BCUT2D eigenvalue weighted by Crippen LogP contribution is -2.74. The van der Waals surface area contributed by atoms with Gasteiger partial charge in [-0.3, -0.25) is 29.6 Å². The highest BCUT2D eigenvalue weighted by Crippen LogP contribution is 2.51. The number of fused-ring (bicyclic) bond motifs is 5. The Labute approximate surface area is 400 Å². The zero-order chi connectivity index (χ0) is 46.8. The SMILES string of the molecule is CCc1cccc2cc(O)cc(-c3ncc4c(N5CC6CCC(C5)N6)nc(OCC5(CN6CC7(C6)CN(C6CCN(c8ccc9c(c8)CN(C8CCC(=O)NC8=O)C9=O)CC6)C7)CC5)nc4c3F)c12. The van der Waals surface area contributed by atoms with Gasteiger partial charge in [-0.25, -0.2) is 4.39 Å². The number of ether oxygens (including phenoxy) is 1. The molecule has 3 N–H and O–H groups in total. The van der Waals surface area contributed by atoms with Gasteiger partial charge < -0.3 is 34.8 Å². The molecule has 3 unspecified atom stereocenters. The van der Waals surface area contributed by atoms with Crippen LogP contribution >= 0.6 is 0 Å². The normalized spacial score (nSPS) is 25.3. The number of carbonyl (C=O) groups is 3. The van der Waals surface area contributed by atoms with Crippen molar-refractivity contribution in [2.75, 3.05) is 75.3 Å². The van der Waals surface area contributed by atoms with Gasteiger partial charge in [0.05, 0.1) is 12.0 Å². The first-order chi connectivity index (χ1) is 33.5. The minimum absolute atomic E-state index is 0.0254. The molecule has 3 amide bonds. The molecule has 6 saturated heterocycles. The lowest BCUT2D eigenvalue weighted by Gasteiger charge is -2.63. The van der Waals surface area contributed by atoms with Crippen LogP contribution in [-0.4, -0.2) is 142 Å². The Kier molecular flexibility index (Phi) is 10.2. The summed E-state index contributed by atoms with van der Waals surface area (Å²) in [6, 6.07) is 16.2. The van der Waals surface area contributed by atoms with Gasteiger partial charge in [-0.1, -0.05) is 25.1 Å². The molecule has 8 aliphatic rings. The molecule has 2 bridgehead atoms. The zero-order valence-corrected chi connectivity index (χ0v) is 39.2. The summed E-state index contributed by atoms with van der Waals surface area (Å²) in [4.78, 5) is 63.6. The monoisotopic (exact) mass is 934 g/mol. The lowest BCUT2D eigenvalue weighted by molar-refractivity contribution is -0.138. The van der Waals surface area contributed by atoms with Crippen molar-refractivity contribution < 1.29 is 28.6 Å². The number of phenolic OH excluding ortho intramolecular Hbond substituents is 1. The number of aromatic hydroxyl groups is 1. The van der Waals surface area contributed by atoms with Crippen molar-refractivity contribution in [3.8, 4) is 23.0 Å². The summed E-state index contributed by atoms with van der Waals surface area (Å²) in [6.45, 7) is 11.9. The van der Waals surface area contributed by atoms with Crippen LogP contribution in [0.25, 0.3) is 32.9 Å². The molecule has 1 aliphatic carbocycles. The summed E-state index contributed by atoms with van der Waals surface area (Å²) < 4.78 is 23.7. The second-order valence-corrected chi connectivity index (χ2v) is 21.7. The number of nitrogens with zero attached hydrogens (tertiary/aromatic N) is 8. The second-order valence-electron chi connectivity index (χ2n) is 21.7. The average molecular weight is 935 g/mol. The number of pyridine rings is 1. The molecule has 16 heteroatoms. The van der Waals surface area contributed by atoms with E-state index in [0.717, 1.165) is 131 Å². The Hall–Kier alpha value is -5.97. The van der Waals surface area contributed by atoms with Crippen LogP contribution in [0.2, 0.25) is 0 Å². The van der Waals surface area contributed by atoms with Gasteiger partial charge in [-0.05, 0) is 104 Å². The van der Waals surface area contributed by atoms with Crippen LogP contribution in [-0.2, 0) is 22.6 Å². The Morgan fingerprint density at radius 2 is 1.70 bits per heavy atom. The lowest BCUT2D eigenvalue weighted by atomic mass is 9.71. The Bertz CT molecular complexity index is 2930. The molecule has 0 radical (unpaired) electrons. The van der Waals surface area contributed by atoms with Crippen molar-refractivity contribution in [3.05, 3.63) is 77.2 Å². The summed E-state index contributed by atoms with van der Waals surface area (Å²) in [6.07, 6.45) is 9.63. The number of nitrogens with one attached hydrogen (secondary N) is 2. The standard InChI is InChI=1S/C53H59FN10O5/c1-2-31-4-3-5-32-19-38(65)20-40(44(31)32)46-45(54)47-41(21-55-46)48(62-23-34-6-7-35(24-62)56-34)59-51(58-47)69-30-52(14-15-52)25-60-26-53(27-60)28-63(29-53)36-12-16-61(17-13-36)37-8-9-39-33(18-37)22-64(50(39)68)42-10-11-43(66)57-49(42)67/h3-5,8-9,18-21,34-36,42,56,65H,2,6-7,10-17,22-30H2,1H3,(H,57,66,67). The van der Waals surface area contributed by atoms with Crippen molar-refractivity contribution in [2.24, 2.45) is 10.8 Å². The van der Waals surface area contributed by atoms with Crippen LogP contribution in [0.4, 0.5) is 15.9 Å². The van der Waals surface area contributed by atoms with E-state index in [1.54, 1.807) is 23.2 Å². The van der Waals surface area contributed by atoms with Gasteiger partial charge in [0.1, 0.15) is 28.8 Å². The van der Waals surface area contributed by atoms with E-state index in [0.29, 0.717) is 65.4 Å². The van der Waals surface area contributed by atoms with Gasteiger partial charge in [-0.2, -0.15) is 9.97 Å². The van der Waals surface area contributed by atoms with Gasteiger partial charge >= 0.3 is 6.01 Å². The smallest absolute Gasteiger partial charge is 0.319 e. The summed E-state index contributed by atoms with van der Waals surface area (Å²) in [5.74, 6) is -0.607. The van der Waals surface area contributed by atoms with Crippen molar-refractivity contribution in [1.82, 2.24) is 40.3 Å². The molecule has 7 fully saturated rings. The fraction of sp³-hybridized carbons (Fsp3) is 0.509. The van der Waals surface area contributed by atoms with E-state index in [9.17, 15) is 19.5 Å². The highest BCUT2D eigenvalue weighted by Gasteiger charge is 2.56. The number of piperazine rings is 1. The number of anilines is 2. The number of piperidine rings is 2. The van der Waals surface area contributed by atoms with E-state index in [4.69, 9.17) is 19.7 Å². The van der Waals surface area contributed by atoms with Crippen molar-refractivity contribution in [2.45, 2.75) is 95.4 Å². The quantitative estimate of drug-likeness (QED) is 0.145. The third kappa shape index (κ3) is 7.55. The summed E-state index contributed by atoms with van der Waals surface area (Å²) in [5.41, 5.74) is 5.05. The van der Waals surface area contributed by atoms with Gasteiger partial charge in [-0.15, -0.1) is 0 Å². The number of carbonyl (C=O) groups excluding carboxylic acids is 3. The number of halogens is 1. The maximum atomic E-state index is 17.2. The Balaban J connectivity index is 0.646. The van der Waals surface area contributed by atoms with Crippen LogP contribution in [0.3, 0.4) is 0 Å². The van der Waals surface area contributed by atoms with E-state index >= 15 is 4.39 Å². The van der Waals surface area contributed by atoms with E-state index in [1.807, 2.05) is 30.3 Å². The van der Waals surface area contributed by atoms with Crippen molar-refractivity contribution in [3.63, 3.8) is 0 Å². The number of aromatic nitrogens is 3. The highest BCUT2D eigenvalue weighted by atomic mass is 19.1. The number of imide groups is 1. The number of amides is 3. The molecule has 7 aliphatic heterocycles. The number of hydrogen-bond donors (Lipinski definition) is 3. The maximum Gasteiger partial charge on any atom is 0.319 e. The molecule has 2 aromatic heterocycles. The van der Waals surface area contributed by atoms with E-state index in [-0.39, 0.29) is 52.5 Å². The Morgan fingerprint density at radius 3 is 2.45 bits per heavy atom. The van der Waals surface area contributed by atoms with Gasteiger partial charge in [0.15, 0.2) is 5.82 Å². The third-order valence-corrected chi connectivity index (χ3v) is 16.9. The molecule has 1 saturated carbocycles. The number of aryl methyl sites for hydroxylation is 1. The highest BCUT2D eigenvalue weighted by molar-refractivity contribution is 6.06. The molecule has 358 valence electrons. The number of phenols is 1. The topological polar surface area (TPSA) is 160 Å². The largest absolute Gasteiger partial charge is 0.508 e. The molecule has 5 aromatic rings. The predicted molar refractivity (Wildman–Crippen MR) is 259 cm³/mol. The Morgan fingerprint density at radius 1 is 0.899 bits per heavy atom. The summed E-state index contributed by atoms with van der Waals surface area (Å²) in [5, 5.41) is 19.2. The second kappa shape index (κ2) is 16.3. The van der Waals surface area contributed by atoms with Crippen molar-refractivity contribution in [1.29, 1.82) is 0 Å². The fourth-order valence-electron chi connectivity index (χ4n) is 13.2.